The van der Waals surface area contributed by atoms with Gasteiger partial charge in [0.2, 0.25) is 5.13 Å². The second kappa shape index (κ2) is 5.17. The smallest absolute Gasteiger partial charge is 0.219 e. The fourth-order valence-corrected chi connectivity index (χ4v) is 2.27. The number of nitrogens with two attached hydrogens (primary N) is 1. The van der Waals surface area contributed by atoms with Crippen LogP contribution in [-0.4, -0.2) is 15.2 Å². The van der Waals surface area contributed by atoms with Gasteiger partial charge in [0.05, 0.1) is 0 Å². The molecule has 1 aromatic carbocycles. The van der Waals surface area contributed by atoms with Gasteiger partial charge in [-0.2, -0.15) is 0 Å². The molecule has 19 heavy (non-hydrogen) atoms. The highest BCUT2D eigenvalue weighted by molar-refractivity contribution is 7.15. The molecular formula is C12H11N5OS. The van der Waals surface area contributed by atoms with Gasteiger partial charge in [0.25, 0.3) is 0 Å². The van der Waals surface area contributed by atoms with E-state index in [0.717, 1.165) is 21.7 Å². The molecule has 0 saturated carbocycles. The van der Waals surface area contributed by atoms with Crippen molar-refractivity contribution in [1.82, 2.24) is 15.2 Å². The van der Waals surface area contributed by atoms with E-state index >= 15 is 0 Å². The second-order valence-corrected chi connectivity index (χ2v) is 4.83. The summed E-state index contributed by atoms with van der Waals surface area (Å²) >= 11 is 1.35. The number of para-hydroxylation sites is 1. The van der Waals surface area contributed by atoms with Crippen molar-refractivity contribution in [1.29, 1.82) is 0 Å². The zero-order valence-corrected chi connectivity index (χ0v) is 10.7. The van der Waals surface area contributed by atoms with E-state index < -0.39 is 0 Å². The third kappa shape index (κ3) is 2.47. The molecule has 3 rings (SSSR count). The van der Waals surface area contributed by atoms with Crippen molar-refractivity contribution in [3.05, 3.63) is 41.5 Å². The lowest BCUT2D eigenvalue weighted by Crippen LogP contribution is -2.05. The van der Waals surface area contributed by atoms with Crippen LogP contribution in [0.15, 0.2) is 36.5 Å². The number of nitrogens with one attached hydrogen (secondary N) is 1. The monoisotopic (exact) mass is 273 g/mol. The van der Waals surface area contributed by atoms with Crippen LogP contribution < -0.4 is 16.0 Å². The van der Waals surface area contributed by atoms with Gasteiger partial charge in [-0.25, -0.2) is 5.84 Å². The van der Waals surface area contributed by atoms with E-state index in [1.807, 2.05) is 30.3 Å². The maximum Gasteiger partial charge on any atom is 0.219 e. The van der Waals surface area contributed by atoms with Crippen LogP contribution in [0.5, 0.6) is 5.75 Å². The molecule has 2 heterocycles. The summed E-state index contributed by atoms with van der Waals surface area (Å²) in [7, 11) is 0. The second-order valence-electron chi connectivity index (χ2n) is 3.77. The Morgan fingerprint density at radius 1 is 1.21 bits per heavy atom. The third-order valence-corrected chi connectivity index (χ3v) is 3.37. The number of fused-ring (bicyclic) bond motifs is 1. The fraction of sp³-hybridized carbons (Fsp3) is 0.0833. The standard InChI is InChI=1S/C12H11N5OS/c13-15-12-17-16-10(19-12)7-18-9-5-1-3-8-4-2-6-14-11(8)9/h1-6H,7,13H2,(H,15,17). The van der Waals surface area contributed by atoms with Crippen molar-refractivity contribution in [3.8, 4) is 5.75 Å². The highest BCUT2D eigenvalue weighted by atomic mass is 32.1. The van der Waals surface area contributed by atoms with Crippen molar-refractivity contribution in [2.45, 2.75) is 6.61 Å². The molecule has 0 aliphatic carbocycles. The summed E-state index contributed by atoms with van der Waals surface area (Å²) in [6.45, 7) is 0.342. The molecule has 3 aromatic rings. The Balaban J connectivity index is 1.81. The van der Waals surface area contributed by atoms with E-state index in [-0.39, 0.29) is 0 Å². The molecule has 0 unspecified atom stereocenters. The predicted molar refractivity (Wildman–Crippen MR) is 73.8 cm³/mol. The van der Waals surface area contributed by atoms with Crippen molar-refractivity contribution in [3.63, 3.8) is 0 Å². The molecule has 0 atom stereocenters. The predicted octanol–water partition coefficient (Wildman–Crippen LogP) is 1.95. The van der Waals surface area contributed by atoms with Gasteiger partial charge in [0, 0.05) is 11.6 Å². The lowest BCUT2D eigenvalue weighted by atomic mass is 10.2. The molecule has 7 heteroatoms. The number of nitrogen functional groups attached to an aromatic ring is 1. The Hall–Kier alpha value is -2.25. The van der Waals surface area contributed by atoms with Gasteiger partial charge in [-0.3, -0.25) is 10.4 Å². The highest BCUT2D eigenvalue weighted by Crippen LogP contribution is 2.24. The molecule has 0 aliphatic heterocycles. The van der Waals surface area contributed by atoms with Crippen molar-refractivity contribution in [2.75, 3.05) is 5.43 Å². The van der Waals surface area contributed by atoms with Gasteiger partial charge < -0.3 is 4.74 Å². The fourth-order valence-electron chi connectivity index (χ4n) is 1.70. The molecule has 2 aromatic heterocycles. The average Bonchev–Trinajstić information content (AvgIpc) is 2.93. The van der Waals surface area contributed by atoms with Gasteiger partial charge in [0.1, 0.15) is 17.9 Å². The van der Waals surface area contributed by atoms with E-state index in [4.69, 9.17) is 10.6 Å². The first kappa shape index (κ1) is 11.8. The van der Waals surface area contributed by atoms with Crippen molar-refractivity contribution < 1.29 is 4.74 Å². The largest absolute Gasteiger partial charge is 0.484 e. The number of nitrogens with zero attached hydrogens (tertiary/aromatic N) is 3. The normalized spacial score (nSPS) is 10.6. The minimum Gasteiger partial charge on any atom is -0.484 e. The summed E-state index contributed by atoms with van der Waals surface area (Å²) in [5.74, 6) is 5.98. The van der Waals surface area contributed by atoms with Crippen LogP contribution in [0, 0.1) is 0 Å². The molecule has 0 radical (unpaired) electrons. The summed E-state index contributed by atoms with van der Waals surface area (Å²) in [6.07, 6.45) is 1.75. The topological polar surface area (TPSA) is 86.0 Å². The van der Waals surface area contributed by atoms with Crippen LogP contribution >= 0.6 is 11.3 Å². The number of pyridine rings is 1. The lowest BCUT2D eigenvalue weighted by molar-refractivity contribution is 0.307. The van der Waals surface area contributed by atoms with Gasteiger partial charge in [-0.15, -0.1) is 10.2 Å². The number of benzene rings is 1. The number of hydrazine groups is 1. The zero-order chi connectivity index (χ0) is 13.1. The van der Waals surface area contributed by atoms with Crippen LogP contribution in [0.4, 0.5) is 5.13 Å². The van der Waals surface area contributed by atoms with E-state index in [2.05, 4.69) is 20.6 Å². The molecule has 0 bridgehead atoms. The maximum atomic E-state index is 5.74. The van der Waals surface area contributed by atoms with Gasteiger partial charge >= 0.3 is 0 Å². The van der Waals surface area contributed by atoms with Gasteiger partial charge in [0.15, 0.2) is 5.01 Å². The molecular weight excluding hydrogens is 262 g/mol. The molecule has 0 amide bonds. The Bertz CT molecular complexity index is 694. The number of ether oxygens (including phenoxy) is 1. The van der Waals surface area contributed by atoms with Crippen LogP contribution in [0.25, 0.3) is 10.9 Å². The Kier molecular flexibility index (Phi) is 3.21. The first-order chi connectivity index (χ1) is 9.36. The third-order valence-electron chi connectivity index (χ3n) is 2.54. The maximum absolute atomic E-state index is 5.74. The first-order valence-electron chi connectivity index (χ1n) is 5.62. The lowest BCUT2D eigenvalue weighted by Gasteiger charge is -2.06. The van der Waals surface area contributed by atoms with E-state index in [9.17, 15) is 0 Å². The van der Waals surface area contributed by atoms with Crippen LogP contribution in [0.2, 0.25) is 0 Å². The van der Waals surface area contributed by atoms with Crippen molar-refractivity contribution >= 4 is 27.4 Å². The Labute approximate surface area is 113 Å². The number of hydrogen-bond donors (Lipinski definition) is 2. The molecule has 0 fully saturated rings. The van der Waals surface area contributed by atoms with E-state index in [0.29, 0.717) is 11.7 Å². The van der Waals surface area contributed by atoms with E-state index in [1.165, 1.54) is 11.3 Å². The number of aromatic nitrogens is 3. The molecule has 6 nitrogen and oxygen atoms in total. The number of anilines is 1. The molecule has 0 aliphatic rings. The van der Waals surface area contributed by atoms with Gasteiger partial charge in [-0.05, 0) is 12.1 Å². The van der Waals surface area contributed by atoms with Crippen LogP contribution in [0.3, 0.4) is 0 Å². The van der Waals surface area contributed by atoms with Crippen LogP contribution in [-0.2, 0) is 6.61 Å². The summed E-state index contributed by atoms with van der Waals surface area (Å²) in [6, 6.07) is 9.72. The van der Waals surface area contributed by atoms with E-state index in [1.54, 1.807) is 6.20 Å². The summed E-state index contributed by atoms with van der Waals surface area (Å²) in [5.41, 5.74) is 3.29. The van der Waals surface area contributed by atoms with Gasteiger partial charge in [-0.1, -0.05) is 29.5 Å². The average molecular weight is 273 g/mol. The van der Waals surface area contributed by atoms with Crippen molar-refractivity contribution in [2.24, 2.45) is 5.84 Å². The Morgan fingerprint density at radius 2 is 2.11 bits per heavy atom. The summed E-state index contributed by atoms with van der Waals surface area (Å²) < 4.78 is 5.74. The molecule has 3 N–H and O–H groups in total. The molecule has 96 valence electrons. The summed E-state index contributed by atoms with van der Waals surface area (Å²) in [5, 5.41) is 10.2. The van der Waals surface area contributed by atoms with Crippen LogP contribution in [0.1, 0.15) is 5.01 Å². The quantitative estimate of drug-likeness (QED) is 0.558. The number of rotatable bonds is 4. The molecule has 0 spiro atoms. The Morgan fingerprint density at radius 3 is 2.95 bits per heavy atom. The SMILES string of the molecule is NNc1nnc(COc2cccc3cccnc23)s1. The molecule has 0 saturated heterocycles. The highest BCUT2D eigenvalue weighted by Gasteiger charge is 2.06. The minimum absolute atomic E-state index is 0.342. The number of hydrogen-bond acceptors (Lipinski definition) is 7. The zero-order valence-electron chi connectivity index (χ0n) is 9.91. The first-order valence-corrected chi connectivity index (χ1v) is 6.44. The summed E-state index contributed by atoms with van der Waals surface area (Å²) in [4.78, 5) is 4.32. The minimum atomic E-state index is 0.342.